The van der Waals surface area contributed by atoms with E-state index in [1.807, 2.05) is 0 Å². The van der Waals surface area contributed by atoms with E-state index in [4.69, 9.17) is 4.74 Å². The highest BCUT2D eigenvalue weighted by molar-refractivity contribution is 7.91. The zero-order valence-corrected chi connectivity index (χ0v) is 13.3. The van der Waals surface area contributed by atoms with Gasteiger partial charge in [0.05, 0.1) is 10.6 Å². The van der Waals surface area contributed by atoms with Gasteiger partial charge in [-0.25, -0.2) is 12.8 Å². The molecule has 5 nitrogen and oxygen atoms in total. The smallest absolute Gasteiger partial charge is 0.262 e. The molecule has 2 aromatic carbocycles. The highest BCUT2D eigenvalue weighted by Gasteiger charge is 2.11. The first kappa shape index (κ1) is 17.0. The monoisotopic (exact) mass is 337 g/mol. The van der Waals surface area contributed by atoms with Crippen LogP contribution in [0.25, 0.3) is 0 Å². The van der Waals surface area contributed by atoms with Gasteiger partial charge in [-0.2, -0.15) is 0 Å². The molecule has 122 valence electrons. The van der Waals surface area contributed by atoms with Crippen molar-refractivity contribution < 1.29 is 22.3 Å². The fraction of sp³-hybridized carbons (Fsp3) is 0.188. The summed E-state index contributed by atoms with van der Waals surface area (Å²) in [5.41, 5.74) is 0.433. The maximum Gasteiger partial charge on any atom is 0.262 e. The molecule has 0 aliphatic rings. The van der Waals surface area contributed by atoms with Crippen LogP contribution >= 0.6 is 0 Å². The van der Waals surface area contributed by atoms with Crippen LogP contribution in [-0.4, -0.2) is 26.7 Å². The minimum Gasteiger partial charge on any atom is -0.481 e. The molecule has 0 atom stereocenters. The molecule has 0 unspecified atom stereocenters. The minimum atomic E-state index is -3.27. The average Bonchev–Trinajstić information content (AvgIpc) is 2.54. The standard InChI is InChI=1S/C16H16FNO4S/c1-2-23(20,21)13-9-7-12(8-10-13)18-16(19)11-22-15-6-4-3-5-14(15)17/h3-10H,2,11H2,1H3,(H,18,19). The van der Waals surface area contributed by atoms with Crippen molar-refractivity contribution in [3.63, 3.8) is 0 Å². The second-order valence-electron chi connectivity index (χ2n) is 4.70. The molecule has 0 saturated heterocycles. The number of hydrogen-bond donors (Lipinski definition) is 1. The Morgan fingerprint density at radius 1 is 1.13 bits per heavy atom. The number of nitrogens with one attached hydrogen (secondary N) is 1. The molecule has 23 heavy (non-hydrogen) atoms. The van der Waals surface area contributed by atoms with Crippen LogP contribution in [0, 0.1) is 5.82 Å². The number of ether oxygens (including phenoxy) is 1. The molecule has 0 heterocycles. The van der Waals surface area contributed by atoms with Gasteiger partial charge in [-0.05, 0) is 36.4 Å². The normalized spacial score (nSPS) is 11.0. The van der Waals surface area contributed by atoms with E-state index in [2.05, 4.69) is 5.32 Å². The summed E-state index contributed by atoms with van der Waals surface area (Å²) in [6, 6.07) is 11.6. The van der Waals surface area contributed by atoms with Crippen LogP contribution in [0.3, 0.4) is 0 Å². The molecular formula is C16H16FNO4S. The van der Waals surface area contributed by atoms with Crippen molar-refractivity contribution in [1.82, 2.24) is 0 Å². The fourth-order valence-electron chi connectivity index (χ4n) is 1.81. The van der Waals surface area contributed by atoms with Crippen molar-refractivity contribution >= 4 is 21.4 Å². The van der Waals surface area contributed by atoms with Gasteiger partial charge in [0.2, 0.25) is 0 Å². The van der Waals surface area contributed by atoms with Gasteiger partial charge >= 0.3 is 0 Å². The molecule has 0 spiro atoms. The summed E-state index contributed by atoms with van der Waals surface area (Å²) in [5, 5.41) is 2.55. The Bertz CT molecular complexity index is 788. The second kappa shape index (κ2) is 7.23. The molecule has 7 heteroatoms. The summed E-state index contributed by atoms with van der Waals surface area (Å²) in [6.07, 6.45) is 0. The number of sulfone groups is 1. The van der Waals surface area contributed by atoms with Gasteiger partial charge in [0.15, 0.2) is 28.0 Å². The van der Waals surface area contributed by atoms with E-state index in [-0.39, 0.29) is 23.0 Å². The van der Waals surface area contributed by atoms with Gasteiger partial charge in [0.1, 0.15) is 0 Å². The quantitative estimate of drug-likeness (QED) is 0.879. The summed E-state index contributed by atoms with van der Waals surface area (Å²) >= 11 is 0. The van der Waals surface area contributed by atoms with Crippen molar-refractivity contribution in [2.45, 2.75) is 11.8 Å². The summed E-state index contributed by atoms with van der Waals surface area (Å²) in [4.78, 5) is 12.0. The summed E-state index contributed by atoms with van der Waals surface area (Å²) in [7, 11) is -3.27. The Morgan fingerprint density at radius 2 is 1.78 bits per heavy atom. The summed E-state index contributed by atoms with van der Waals surface area (Å²) in [6.45, 7) is 1.21. The molecule has 1 N–H and O–H groups in total. The first-order chi connectivity index (χ1) is 10.9. The van der Waals surface area contributed by atoms with Gasteiger partial charge in [0.25, 0.3) is 5.91 Å². The molecule has 0 fully saturated rings. The van der Waals surface area contributed by atoms with Crippen molar-refractivity contribution in [2.75, 3.05) is 17.7 Å². The number of rotatable bonds is 6. The van der Waals surface area contributed by atoms with Crippen LogP contribution in [-0.2, 0) is 14.6 Å². The molecule has 0 radical (unpaired) electrons. The Hall–Kier alpha value is -2.41. The Morgan fingerprint density at radius 3 is 2.39 bits per heavy atom. The Kier molecular flexibility index (Phi) is 5.33. The molecule has 0 saturated carbocycles. The lowest BCUT2D eigenvalue weighted by atomic mass is 10.3. The van der Waals surface area contributed by atoms with Crippen LogP contribution in [0.1, 0.15) is 6.92 Å². The number of halogens is 1. The molecule has 0 aliphatic heterocycles. The summed E-state index contributed by atoms with van der Waals surface area (Å²) in [5.74, 6) is -1.02. The van der Waals surface area contributed by atoms with Crippen LogP contribution in [0.4, 0.5) is 10.1 Å². The second-order valence-corrected chi connectivity index (χ2v) is 6.97. The molecule has 0 aromatic heterocycles. The number of amides is 1. The molecule has 2 rings (SSSR count). The lowest BCUT2D eigenvalue weighted by Crippen LogP contribution is -2.20. The first-order valence-corrected chi connectivity index (χ1v) is 8.57. The number of para-hydroxylation sites is 1. The third kappa shape index (κ3) is 4.53. The number of anilines is 1. The fourth-order valence-corrected chi connectivity index (χ4v) is 2.70. The molecule has 0 bridgehead atoms. The Balaban J connectivity index is 1.94. The van der Waals surface area contributed by atoms with Gasteiger partial charge in [-0.15, -0.1) is 0 Å². The highest BCUT2D eigenvalue weighted by atomic mass is 32.2. The average molecular weight is 337 g/mol. The van der Waals surface area contributed by atoms with E-state index in [1.165, 1.54) is 42.5 Å². The summed E-state index contributed by atoms with van der Waals surface area (Å²) < 4.78 is 41.8. The third-order valence-corrected chi connectivity index (χ3v) is 4.82. The maximum absolute atomic E-state index is 13.3. The minimum absolute atomic E-state index is 0.00737. The van der Waals surface area contributed by atoms with E-state index in [0.717, 1.165) is 0 Å². The number of benzene rings is 2. The van der Waals surface area contributed by atoms with Crippen LogP contribution in [0.2, 0.25) is 0 Å². The number of carbonyl (C=O) groups is 1. The molecule has 2 aromatic rings. The molecular weight excluding hydrogens is 321 g/mol. The SMILES string of the molecule is CCS(=O)(=O)c1ccc(NC(=O)COc2ccccc2F)cc1. The van der Waals surface area contributed by atoms with E-state index < -0.39 is 21.6 Å². The first-order valence-electron chi connectivity index (χ1n) is 6.92. The van der Waals surface area contributed by atoms with E-state index in [9.17, 15) is 17.6 Å². The predicted molar refractivity (Wildman–Crippen MR) is 84.7 cm³/mol. The Labute approximate surface area is 134 Å². The van der Waals surface area contributed by atoms with Crippen LogP contribution in [0.5, 0.6) is 5.75 Å². The van der Waals surface area contributed by atoms with Crippen molar-refractivity contribution in [2.24, 2.45) is 0 Å². The predicted octanol–water partition coefficient (Wildman–Crippen LogP) is 2.64. The lowest BCUT2D eigenvalue weighted by molar-refractivity contribution is -0.118. The van der Waals surface area contributed by atoms with Gasteiger partial charge in [0, 0.05) is 5.69 Å². The molecule has 0 aliphatic carbocycles. The van der Waals surface area contributed by atoms with Crippen molar-refractivity contribution in [3.8, 4) is 5.75 Å². The lowest BCUT2D eigenvalue weighted by Gasteiger charge is -2.08. The maximum atomic E-state index is 13.3. The number of carbonyl (C=O) groups excluding carboxylic acids is 1. The third-order valence-electron chi connectivity index (χ3n) is 3.07. The highest BCUT2D eigenvalue weighted by Crippen LogP contribution is 2.17. The van der Waals surface area contributed by atoms with E-state index in [0.29, 0.717) is 5.69 Å². The van der Waals surface area contributed by atoms with Crippen LogP contribution in [0.15, 0.2) is 53.4 Å². The van der Waals surface area contributed by atoms with Gasteiger partial charge < -0.3 is 10.1 Å². The van der Waals surface area contributed by atoms with E-state index in [1.54, 1.807) is 13.0 Å². The van der Waals surface area contributed by atoms with Crippen molar-refractivity contribution in [3.05, 3.63) is 54.3 Å². The molecule has 1 amide bonds. The zero-order valence-electron chi connectivity index (χ0n) is 12.5. The zero-order chi connectivity index (χ0) is 16.9. The van der Waals surface area contributed by atoms with E-state index >= 15 is 0 Å². The number of hydrogen-bond acceptors (Lipinski definition) is 4. The largest absolute Gasteiger partial charge is 0.481 e. The topological polar surface area (TPSA) is 72.5 Å². The van der Waals surface area contributed by atoms with Gasteiger partial charge in [-0.1, -0.05) is 19.1 Å². The van der Waals surface area contributed by atoms with Gasteiger partial charge in [-0.3, -0.25) is 4.79 Å². The van der Waals surface area contributed by atoms with Crippen molar-refractivity contribution in [1.29, 1.82) is 0 Å². The van der Waals surface area contributed by atoms with Crippen LogP contribution < -0.4 is 10.1 Å².